The highest BCUT2D eigenvalue weighted by atomic mass is 16.2. The molecule has 4 N–H and O–H groups in total. The van der Waals surface area contributed by atoms with Gasteiger partial charge in [0.15, 0.2) is 5.78 Å². The van der Waals surface area contributed by atoms with E-state index in [9.17, 15) is 9.59 Å². The molecular formula is C30H36N4O2. The molecule has 1 fully saturated rings. The number of anilines is 1. The van der Waals surface area contributed by atoms with Gasteiger partial charge in [-0.15, -0.1) is 0 Å². The molecule has 1 unspecified atom stereocenters. The molecule has 1 aromatic heterocycles. The number of carbonyl (C=O) groups excluding carboxylic acids is 2. The molecule has 1 amide bonds. The van der Waals surface area contributed by atoms with Gasteiger partial charge in [0.2, 0.25) is 5.91 Å². The van der Waals surface area contributed by atoms with E-state index in [-0.39, 0.29) is 30.1 Å². The number of aryl methyl sites for hydroxylation is 1. The van der Waals surface area contributed by atoms with Crippen LogP contribution in [0.4, 0.5) is 5.82 Å². The Morgan fingerprint density at radius 3 is 2.44 bits per heavy atom. The average molecular weight is 485 g/mol. The van der Waals surface area contributed by atoms with Gasteiger partial charge in [0, 0.05) is 24.6 Å². The van der Waals surface area contributed by atoms with Gasteiger partial charge in [-0.05, 0) is 67.0 Å². The summed E-state index contributed by atoms with van der Waals surface area (Å²) in [7, 11) is 0. The first kappa shape index (κ1) is 25.6. The van der Waals surface area contributed by atoms with Crippen LogP contribution in [0, 0.1) is 18.8 Å². The molecule has 3 aromatic rings. The number of pyridine rings is 1. The predicted octanol–water partition coefficient (Wildman–Crippen LogP) is 4.00. The summed E-state index contributed by atoms with van der Waals surface area (Å²) < 4.78 is 0. The van der Waals surface area contributed by atoms with Crippen LogP contribution in [-0.4, -0.2) is 29.3 Å². The van der Waals surface area contributed by atoms with Gasteiger partial charge in [-0.25, -0.2) is 4.98 Å². The number of nitrogens with zero attached hydrogens (tertiary/aromatic N) is 1. The number of carbonyl (C=O) groups is 2. The quantitative estimate of drug-likeness (QED) is 0.404. The van der Waals surface area contributed by atoms with Gasteiger partial charge in [-0.1, -0.05) is 67.6 Å². The first-order valence-corrected chi connectivity index (χ1v) is 12.7. The van der Waals surface area contributed by atoms with Crippen LogP contribution in [0.25, 0.3) is 0 Å². The van der Waals surface area contributed by atoms with Crippen molar-refractivity contribution in [1.29, 1.82) is 0 Å². The number of nitrogens with two attached hydrogens (primary N) is 1. The van der Waals surface area contributed by atoms with Crippen LogP contribution in [0.2, 0.25) is 0 Å². The van der Waals surface area contributed by atoms with Crippen LogP contribution in [0.1, 0.15) is 47.7 Å². The SMILES string of the molecule is Cc1nc(N)ccc1CNC(=O)[C@H](C)CC(=O)C1C[C@H](Cc2ccc(Cc3ccccc3)cc2)CN1. The first-order valence-electron chi connectivity index (χ1n) is 12.7. The lowest BCUT2D eigenvalue weighted by atomic mass is 9.92. The molecule has 3 atom stereocenters. The second kappa shape index (κ2) is 12.0. The molecule has 188 valence electrons. The fourth-order valence-corrected chi connectivity index (χ4v) is 4.86. The van der Waals surface area contributed by atoms with E-state index in [0.29, 0.717) is 18.3 Å². The lowest BCUT2D eigenvalue weighted by Crippen LogP contribution is -2.35. The van der Waals surface area contributed by atoms with E-state index >= 15 is 0 Å². The summed E-state index contributed by atoms with van der Waals surface area (Å²) >= 11 is 0. The molecule has 2 heterocycles. The normalized spacial score (nSPS) is 18.1. The van der Waals surface area contributed by atoms with Crippen molar-refractivity contribution in [1.82, 2.24) is 15.6 Å². The lowest BCUT2D eigenvalue weighted by Gasteiger charge is -2.15. The monoisotopic (exact) mass is 484 g/mol. The molecule has 0 spiro atoms. The van der Waals surface area contributed by atoms with Crippen molar-refractivity contribution in [3.63, 3.8) is 0 Å². The number of hydrogen-bond donors (Lipinski definition) is 3. The Kier molecular flexibility index (Phi) is 8.49. The van der Waals surface area contributed by atoms with Gasteiger partial charge in [-0.2, -0.15) is 0 Å². The third kappa shape index (κ3) is 7.01. The van der Waals surface area contributed by atoms with E-state index in [1.807, 2.05) is 26.0 Å². The molecule has 0 aliphatic carbocycles. The Balaban J connectivity index is 1.21. The number of benzene rings is 2. The standard InChI is InChI=1S/C30H36N4O2/c1-20(30(36)33-19-26-12-13-29(31)34-21(26)2)14-28(35)27-17-25(18-32-27)16-24-10-8-23(9-11-24)15-22-6-4-3-5-7-22/h3-13,20,25,27,32H,14-19H2,1-2H3,(H2,31,34)(H,33,36)/t20-,25+,27?/m1/s1. The zero-order chi connectivity index (χ0) is 25.5. The van der Waals surface area contributed by atoms with Gasteiger partial charge in [0.1, 0.15) is 5.82 Å². The zero-order valence-corrected chi connectivity index (χ0v) is 21.2. The summed E-state index contributed by atoms with van der Waals surface area (Å²) in [6, 6.07) is 22.7. The van der Waals surface area contributed by atoms with Crippen molar-refractivity contribution in [2.24, 2.45) is 11.8 Å². The van der Waals surface area contributed by atoms with Crippen LogP contribution < -0.4 is 16.4 Å². The Bertz CT molecular complexity index is 1180. The molecule has 0 radical (unpaired) electrons. The summed E-state index contributed by atoms with van der Waals surface area (Å²) in [6.45, 7) is 4.88. The average Bonchev–Trinajstić information content (AvgIpc) is 3.34. The Hall–Kier alpha value is -3.51. The number of nitrogen functional groups attached to an aromatic ring is 1. The van der Waals surface area contributed by atoms with Crippen molar-refractivity contribution in [2.45, 2.75) is 52.1 Å². The molecule has 1 saturated heterocycles. The smallest absolute Gasteiger partial charge is 0.223 e. The van der Waals surface area contributed by atoms with Crippen molar-refractivity contribution in [2.75, 3.05) is 12.3 Å². The molecule has 0 bridgehead atoms. The first-order chi connectivity index (χ1) is 17.4. The second-order valence-corrected chi connectivity index (χ2v) is 10.0. The van der Waals surface area contributed by atoms with E-state index < -0.39 is 0 Å². The predicted molar refractivity (Wildman–Crippen MR) is 143 cm³/mol. The van der Waals surface area contributed by atoms with E-state index in [2.05, 4.69) is 64.1 Å². The fourth-order valence-electron chi connectivity index (χ4n) is 4.86. The summed E-state index contributed by atoms with van der Waals surface area (Å²) in [5.74, 6) is 0.499. The third-order valence-corrected chi connectivity index (χ3v) is 7.03. The maximum Gasteiger partial charge on any atom is 0.223 e. The van der Waals surface area contributed by atoms with E-state index in [4.69, 9.17) is 5.73 Å². The maximum absolute atomic E-state index is 12.9. The molecule has 6 nitrogen and oxygen atoms in total. The van der Waals surface area contributed by atoms with Gasteiger partial charge in [0.05, 0.1) is 6.04 Å². The molecule has 1 aliphatic heterocycles. The Labute approximate surface area is 213 Å². The zero-order valence-electron chi connectivity index (χ0n) is 21.2. The summed E-state index contributed by atoms with van der Waals surface area (Å²) in [5, 5.41) is 6.31. The Morgan fingerprint density at radius 1 is 1.03 bits per heavy atom. The third-order valence-electron chi connectivity index (χ3n) is 7.03. The highest BCUT2D eigenvalue weighted by molar-refractivity contribution is 5.89. The minimum absolute atomic E-state index is 0.115. The van der Waals surface area contributed by atoms with Crippen LogP contribution in [-0.2, 0) is 29.0 Å². The summed E-state index contributed by atoms with van der Waals surface area (Å²) in [4.78, 5) is 29.7. The number of rotatable bonds is 10. The largest absolute Gasteiger partial charge is 0.384 e. The van der Waals surface area contributed by atoms with Crippen LogP contribution >= 0.6 is 0 Å². The minimum atomic E-state index is -0.377. The van der Waals surface area contributed by atoms with E-state index in [1.165, 1.54) is 16.7 Å². The fraction of sp³-hybridized carbons (Fsp3) is 0.367. The molecule has 1 aliphatic rings. The van der Waals surface area contributed by atoms with Gasteiger partial charge in [0.25, 0.3) is 0 Å². The van der Waals surface area contributed by atoms with Crippen molar-refractivity contribution < 1.29 is 9.59 Å². The lowest BCUT2D eigenvalue weighted by molar-refractivity contribution is -0.129. The topological polar surface area (TPSA) is 97.1 Å². The van der Waals surface area contributed by atoms with Crippen molar-refractivity contribution >= 4 is 17.5 Å². The van der Waals surface area contributed by atoms with Gasteiger partial charge in [-0.3, -0.25) is 9.59 Å². The van der Waals surface area contributed by atoms with Crippen LogP contribution in [0.5, 0.6) is 0 Å². The summed E-state index contributed by atoms with van der Waals surface area (Å²) in [6.07, 6.45) is 2.94. The van der Waals surface area contributed by atoms with Gasteiger partial charge < -0.3 is 16.4 Å². The number of ketones is 1. The van der Waals surface area contributed by atoms with Crippen molar-refractivity contribution in [3.05, 3.63) is 94.7 Å². The molecule has 6 heteroatoms. The van der Waals surface area contributed by atoms with Crippen LogP contribution in [0.3, 0.4) is 0 Å². The second-order valence-electron chi connectivity index (χ2n) is 10.0. The molecule has 4 rings (SSSR count). The van der Waals surface area contributed by atoms with E-state index in [0.717, 1.165) is 37.1 Å². The number of Topliss-reactive ketones (excluding diaryl/α,β-unsaturated/α-hetero) is 1. The number of aromatic nitrogens is 1. The highest BCUT2D eigenvalue weighted by Gasteiger charge is 2.31. The molecule has 0 saturated carbocycles. The van der Waals surface area contributed by atoms with Crippen LogP contribution in [0.15, 0.2) is 66.7 Å². The van der Waals surface area contributed by atoms with Crippen molar-refractivity contribution in [3.8, 4) is 0 Å². The number of amides is 1. The molecule has 36 heavy (non-hydrogen) atoms. The highest BCUT2D eigenvalue weighted by Crippen LogP contribution is 2.22. The molecular weight excluding hydrogens is 448 g/mol. The minimum Gasteiger partial charge on any atom is -0.384 e. The number of hydrogen-bond acceptors (Lipinski definition) is 5. The number of nitrogens with one attached hydrogen (secondary N) is 2. The Morgan fingerprint density at radius 2 is 1.72 bits per heavy atom. The maximum atomic E-state index is 12.9. The molecule has 2 aromatic carbocycles. The van der Waals surface area contributed by atoms with E-state index in [1.54, 1.807) is 6.07 Å². The summed E-state index contributed by atoms with van der Waals surface area (Å²) in [5.41, 5.74) is 11.3. The van der Waals surface area contributed by atoms with Gasteiger partial charge >= 0.3 is 0 Å².